The number of halogens is 1. The van der Waals surface area contributed by atoms with Gasteiger partial charge in [-0.3, -0.25) is 0 Å². The van der Waals surface area contributed by atoms with Gasteiger partial charge in [0.15, 0.2) is 0 Å². The number of benzene rings is 1. The first-order valence-electron chi connectivity index (χ1n) is 7.42. The Morgan fingerprint density at radius 3 is 2.95 bits per heavy atom. The second kappa shape index (κ2) is 7.58. The van der Waals surface area contributed by atoms with Crippen LogP contribution in [0.3, 0.4) is 0 Å². The Balaban J connectivity index is 2.17. The van der Waals surface area contributed by atoms with E-state index in [1.807, 2.05) is 17.8 Å². The molecule has 2 rings (SSSR count). The number of hydrogen-bond donors (Lipinski definition) is 1. The fourth-order valence-electron chi connectivity index (χ4n) is 2.58. The minimum absolute atomic E-state index is 0.553. The molecule has 0 bridgehead atoms. The number of para-hydroxylation sites is 1. The summed E-state index contributed by atoms with van der Waals surface area (Å²) in [5, 5.41) is 4.41. The molecule has 0 aliphatic carbocycles. The SMILES string of the molecule is CC(C)CNCc1cccc(Cl)c1N1CCSCC1C. The van der Waals surface area contributed by atoms with Crippen LogP contribution in [0.5, 0.6) is 0 Å². The van der Waals surface area contributed by atoms with Crippen LogP contribution in [0.15, 0.2) is 18.2 Å². The molecule has 0 amide bonds. The quantitative estimate of drug-likeness (QED) is 0.884. The lowest BCUT2D eigenvalue weighted by Gasteiger charge is -2.37. The molecule has 1 aromatic rings. The molecule has 0 radical (unpaired) electrons. The number of hydrogen-bond acceptors (Lipinski definition) is 3. The number of rotatable bonds is 5. The third-order valence-corrected chi connectivity index (χ3v) is 5.09. The van der Waals surface area contributed by atoms with E-state index < -0.39 is 0 Å². The van der Waals surface area contributed by atoms with Crippen molar-refractivity contribution in [2.75, 3.05) is 29.5 Å². The predicted molar refractivity (Wildman–Crippen MR) is 92.1 cm³/mol. The minimum atomic E-state index is 0.553. The summed E-state index contributed by atoms with van der Waals surface area (Å²) in [5.74, 6) is 3.04. The molecule has 1 heterocycles. The Labute approximate surface area is 132 Å². The highest BCUT2D eigenvalue weighted by molar-refractivity contribution is 7.99. The Kier molecular flexibility index (Phi) is 6.06. The van der Waals surface area contributed by atoms with Crippen molar-refractivity contribution >= 4 is 29.1 Å². The number of nitrogens with zero attached hydrogens (tertiary/aromatic N) is 1. The van der Waals surface area contributed by atoms with E-state index in [1.165, 1.54) is 22.8 Å². The number of nitrogens with one attached hydrogen (secondary N) is 1. The summed E-state index contributed by atoms with van der Waals surface area (Å²) in [6, 6.07) is 6.82. The van der Waals surface area contributed by atoms with Gasteiger partial charge in [-0.1, -0.05) is 37.6 Å². The van der Waals surface area contributed by atoms with Crippen molar-refractivity contribution in [2.24, 2.45) is 5.92 Å². The molecular formula is C16H25ClN2S. The van der Waals surface area contributed by atoms with Crippen LogP contribution in [-0.4, -0.2) is 30.6 Å². The van der Waals surface area contributed by atoms with Crippen LogP contribution < -0.4 is 10.2 Å². The van der Waals surface area contributed by atoms with Gasteiger partial charge in [0.05, 0.1) is 10.7 Å². The molecule has 1 aliphatic rings. The maximum Gasteiger partial charge on any atom is 0.0643 e. The van der Waals surface area contributed by atoms with Gasteiger partial charge < -0.3 is 10.2 Å². The van der Waals surface area contributed by atoms with Crippen LogP contribution in [0, 0.1) is 5.92 Å². The summed E-state index contributed by atoms with van der Waals surface area (Å²) < 4.78 is 0. The molecule has 4 heteroatoms. The largest absolute Gasteiger partial charge is 0.366 e. The average molecular weight is 313 g/mol. The highest BCUT2D eigenvalue weighted by Crippen LogP contribution is 2.33. The molecule has 1 fully saturated rings. The first kappa shape index (κ1) is 16.0. The smallest absolute Gasteiger partial charge is 0.0643 e. The standard InChI is InChI=1S/C16H25ClN2S/c1-12(2)9-18-10-14-5-4-6-15(17)16(14)19-7-8-20-11-13(19)3/h4-6,12-13,18H,7-11H2,1-3H3. The van der Waals surface area contributed by atoms with Crippen LogP contribution in [-0.2, 0) is 6.54 Å². The lowest BCUT2D eigenvalue weighted by atomic mass is 10.1. The fourth-order valence-corrected chi connectivity index (χ4v) is 3.90. The molecule has 1 unspecified atom stereocenters. The molecule has 1 aliphatic heterocycles. The zero-order chi connectivity index (χ0) is 14.5. The minimum Gasteiger partial charge on any atom is -0.366 e. The summed E-state index contributed by atoms with van der Waals surface area (Å²) in [6.45, 7) is 9.78. The van der Waals surface area contributed by atoms with Gasteiger partial charge in [0, 0.05) is 30.6 Å². The fraction of sp³-hybridized carbons (Fsp3) is 0.625. The van der Waals surface area contributed by atoms with Crippen LogP contribution in [0.1, 0.15) is 26.3 Å². The number of thioether (sulfide) groups is 1. The van der Waals surface area contributed by atoms with Crippen molar-refractivity contribution in [2.45, 2.75) is 33.4 Å². The molecule has 0 spiro atoms. The monoisotopic (exact) mass is 312 g/mol. The highest BCUT2D eigenvalue weighted by Gasteiger charge is 2.23. The third kappa shape index (κ3) is 4.06. The Morgan fingerprint density at radius 2 is 2.25 bits per heavy atom. The average Bonchev–Trinajstić information content (AvgIpc) is 2.40. The second-order valence-corrected chi connectivity index (χ2v) is 7.45. The van der Waals surface area contributed by atoms with Gasteiger partial charge in [-0.05, 0) is 31.0 Å². The molecule has 1 N–H and O–H groups in total. The van der Waals surface area contributed by atoms with E-state index in [-0.39, 0.29) is 0 Å². The summed E-state index contributed by atoms with van der Waals surface area (Å²) in [6.07, 6.45) is 0. The van der Waals surface area contributed by atoms with Gasteiger partial charge >= 0.3 is 0 Å². The molecule has 0 saturated carbocycles. The van der Waals surface area contributed by atoms with Crippen LogP contribution in [0.4, 0.5) is 5.69 Å². The van der Waals surface area contributed by atoms with E-state index in [0.29, 0.717) is 12.0 Å². The van der Waals surface area contributed by atoms with Crippen molar-refractivity contribution in [3.8, 4) is 0 Å². The van der Waals surface area contributed by atoms with E-state index in [9.17, 15) is 0 Å². The summed E-state index contributed by atoms with van der Waals surface area (Å²) in [7, 11) is 0. The van der Waals surface area contributed by atoms with E-state index in [0.717, 1.165) is 24.7 Å². The lowest BCUT2D eigenvalue weighted by Crippen LogP contribution is -2.41. The molecule has 0 aromatic heterocycles. The molecular weight excluding hydrogens is 288 g/mol. The predicted octanol–water partition coefficient (Wildman–Crippen LogP) is 4.03. The summed E-state index contributed by atoms with van der Waals surface area (Å²) in [5.41, 5.74) is 2.55. The molecule has 1 saturated heterocycles. The van der Waals surface area contributed by atoms with E-state index >= 15 is 0 Å². The third-order valence-electron chi connectivity index (χ3n) is 3.59. The van der Waals surface area contributed by atoms with Crippen LogP contribution >= 0.6 is 23.4 Å². The first-order chi connectivity index (χ1) is 9.59. The van der Waals surface area contributed by atoms with E-state index in [2.05, 4.69) is 43.1 Å². The van der Waals surface area contributed by atoms with Crippen molar-refractivity contribution in [3.63, 3.8) is 0 Å². The Morgan fingerprint density at radius 1 is 1.45 bits per heavy atom. The first-order valence-corrected chi connectivity index (χ1v) is 8.95. The number of anilines is 1. The maximum absolute atomic E-state index is 6.49. The van der Waals surface area contributed by atoms with Gasteiger partial charge in [0.2, 0.25) is 0 Å². The molecule has 20 heavy (non-hydrogen) atoms. The normalized spacial score (nSPS) is 19.6. The molecule has 112 valence electrons. The topological polar surface area (TPSA) is 15.3 Å². The summed E-state index contributed by atoms with van der Waals surface area (Å²) in [4.78, 5) is 2.48. The summed E-state index contributed by atoms with van der Waals surface area (Å²) >= 11 is 8.53. The maximum atomic E-state index is 6.49. The van der Waals surface area contributed by atoms with Crippen molar-refractivity contribution in [1.82, 2.24) is 5.32 Å². The van der Waals surface area contributed by atoms with Crippen LogP contribution in [0.2, 0.25) is 5.02 Å². The Bertz CT molecular complexity index is 436. The van der Waals surface area contributed by atoms with Crippen LogP contribution in [0.25, 0.3) is 0 Å². The van der Waals surface area contributed by atoms with Gasteiger partial charge in [0.25, 0.3) is 0 Å². The van der Waals surface area contributed by atoms with E-state index in [1.54, 1.807) is 0 Å². The highest BCUT2D eigenvalue weighted by atomic mass is 35.5. The van der Waals surface area contributed by atoms with Crippen molar-refractivity contribution in [1.29, 1.82) is 0 Å². The van der Waals surface area contributed by atoms with Crippen molar-refractivity contribution in [3.05, 3.63) is 28.8 Å². The van der Waals surface area contributed by atoms with Gasteiger partial charge in [0.1, 0.15) is 0 Å². The Hall–Kier alpha value is -0.380. The second-order valence-electron chi connectivity index (χ2n) is 5.89. The van der Waals surface area contributed by atoms with E-state index in [4.69, 9.17) is 11.6 Å². The zero-order valence-electron chi connectivity index (χ0n) is 12.7. The lowest BCUT2D eigenvalue weighted by molar-refractivity contribution is 0.551. The zero-order valence-corrected chi connectivity index (χ0v) is 14.2. The molecule has 2 nitrogen and oxygen atoms in total. The molecule has 1 aromatic carbocycles. The van der Waals surface area contributed by atoms with Gasteiger partial charge in [-0.15, -0.1) is 0 Å². The van der Waals surface area contributed by atoms with Gasteiger partial charge in [-0.25, -0.2) is 0 Å². The van der Waals surface area contributed by atoms with Crippen molar-refractivity contribution < 1.29 is 0 Å². The van der Waals surface area contributed by atoms with Gasteiger partial charge in [-0.2, -0.15) is 11.8 Å². The molecule has 1 atom stereocenters.